The average Bonchev–Trinajstić information content (AvgIpc) is 2.36. The van der Waals surface area contributed by atoms with E-state index in [1.165, 1.54) is 5.57 Å². The lowest BCUT2D eigenvalue weighted by atomic mass is 9.99. The zero-order valence-corrected chi connectivity index (χ0v) is 5.85. The SMILES string of the molecule is OC1=CCCC2=C1CNC2. The second-order valence-electron chi connectivity index (χ2n) is 2.81. The van der Waals surface area contributed by atoms with Crippen molar-refractivity contribution in [3.8, 4) is 0 Å². The van der Waals surface area contributed by atoms with Gasteiger partial charge in [0.2, 0.25) is 0 Å². The van der Waals surface area contributed by atoms with Crippen LogP contribution in [0.5, 0.6) is 0 Å². The molecule has 0 aromatic carbocycles. The maximum absolute atomic E-state index is 9.34. The lowest BCUT2D eigenvalue weighted by Crippen LogP contribution is -2.08. The summed E-state index contributed by atoms with van der Waals surface area (Å²) in [7, 11) is 0. The van der Waals surface area contributed by atoms with Crippen LogP contribution < -0.4 is 5.32 Å². The van der Waals surface area contributed by atoms with Crippen molar-refractivity contribution in [1.82, 2.24) is 5.32 Å². The van der Waals surface area contributed by atoms with Crippen LogP contribution in [0.15, 0.2) is 23.0 Å². The molecule has 0 saturated carbocycles. The smallest absolute Gasteiger partial charge is 0.116 e. The highest BCUT2D eigenvalue weighted by Crippen LogP contribution is 2.25. The van der Waals surface area contributed by atoms with Crippen LogP contribution in [0.4, 0.5) is 0 Å². The molecule has 0 amide bonds. The highest BCUT2D eigenvalue weighted by Gasteiger charge is 2.18. The summed E-state index contributed by atoms with van der Waals surface area (Å²) < 4.78 is 0. The summed E-state index contributed by atoms with van der Waals surface area (Å²) in [6, 6.07) is 0. The van der Waals surface area contributed by atoms with Gasteiger partial charge in [-0.05, 0) is 24.5 Å². The number of aliphatic hydroxyl groups excluding tert-OH is 1. The summed E-state index contributed by atoms with van der Waals surface area (Å²) in [5, 5.41) is 12.6. The standard InChI is InChI=1S/C8H11NO/c10-8-3-1-2-6-4-9-5-7(6)8/h3,9-10H,1-2,4-5H2. The quantitative estimate of drug-likeness (QED) is 0.524. The third-order valence-electron chi connectivity index (χ3n) is 2.16. The van der Waals surface area contributed by atoms with Crippen molar-refractivity contribution in [2.24, 2.45) is 0 Å². The first kappa shape index (κ1) is 5.98. The zero-order valence-electron chi connectivity index (χ0n) is 5.85. The van der Waals surface area contributed by atoms with Crippen molar-refractivity contribution < 1.29 is 5.11 Å². The summed E-state index contributed by atoms with van der Waals surface area (Å²) >= 11 is 0. The molecule has 10 heavy (non-hydrogen) atoms. The fourth-order valence-electron chi connectivity index (χ4n) is 1.59. The minimum Gasteiger partial charge on any atom is -0.508 e. The molecule has 2 rings (SSSR count). The van der Waals surface area contributed by atoms with Crippen LogP contribution >= 0.6 is 0 Å². The predicted molar refractivity (Wildman–Crippen MR) is 39.8 cm³/mol. The van der Waals surface area contributed by atoms with Crippen LogP contribution in [0.3, 0.4) is 0 Å². The minimum atomic E-state index is 0.506. The molecule has 0 saturated heterocycles. The molecule has 0 atom stereocenters. The normalized spacial score (nSPS) is 24.6. The average molecular weight is 137 g/mol. The fourth-order valence-corrected chi connectivity index (χ4v) is 1.59. The van der Waals surface area contributed by atoms with Crippen LogP contribution in [-0.2, 0) is 0 Å². The summed E-state index contributed by atoms with van der Waals surface area (Å²) in [4.78, 5) is 0. The van der Waals surface area contributed by atoms with E-state index >= 15 is 0 Å². The molecule has 1 heterocycles. The molecule has 0 unspecified atom stereocenters. The Kier molecular flexibility index (Phi) is 1.27. The summed E-state index contributed by atoms with van der Waals surface area (Å²) in [5.41, 5.74) is 2.55. The van der Waals surface area contributed by atoms with Crippen molar-refractivity contribution in [2.45, 2.75) is 12.8 Å². The number of rotatable bonds is 0. The third kappa shape index (κ3) is 0.762. The number of nitrogens with one attached hydrogen (secondary N) is 1. The molecule has 2 aliphatic rings. The number of allylic oxidation sites excluding steroid dienone is 1. The largest absolute Gasteiger partial charge is 0.508 e. The first-order chi connectivity index (χ1) is 4.88. The number of hydrogen-bond acceptors (Lipinski definition) is 2. The van der Waals surface area contributed by atoms with Gasteiger partial charge in [0.25, 0.3) is 0 Å². The first-order valence-corrected chi connectivity index (χ1v) is 3.69. The monoisotopic (exact) mass is 137 g/mol. The maximum atomic E-state index is 9.34. The van der Waals surface area contributed by atoms with Crippen molar-refractivity contribution in [3.05, 3.63) is 23.0 Å². The van der Waals surface area contributed by atoms with Gasteiger partial charge < -0.3 is 10.4 Å². The molecule has 0 spiro atoms. The highest BCUT2D eigenvalue weighted by molar-refractivity contribution is 5.38. The minimum absolute atomic E-state index is 0.506. The van der Waals surface area contributed by atoms with E-state index in [0.29, 0.717) is 5.76 Å². The summed E-state index contributed by atoms with van der Waals surface area (Å²) in [5.74, 6) is 0.506. The predicted octanol–water partition coefficient (Wildman–Crippen LogP) is 1.12. The first-order valence-electron chi connectivity index (χ1n) is 3.69. The van der Waals surface area contributed by atoms with Crippen molar-refractivity contribution in [1.29, 1.82) is 0 Å². The highest BCUT2D eigenvalue weighted by atomic mass is 16.3. The van der Waals surface area contributed by atoms with E-state index in [1.54, 1.807) is 0 Å². The fraction of sp³-hybridized carbons (Fsp3) is 0.500. The van der Waals surface area contributed by atoms with E-state index in [1.807, 2.05) is 6.08 Å². The summed E-state index contributed by atoms with van der Waals surface area (Å²) in [6.07, 6.45) is 4.05. The topological polar surface area (TPSA) is 32.3 Å². The summed E-state index contributed by atoms with van der Waals surface area (Å²) in [6.45, 7) is 1.84. The molecule has 2 nitrogen and oxygen atoms in total. The molecule has 0 fully saturated rings. The van der Waals surface area contributed by atoms with Crippen LogP contribution in [0, 0.1) is 0 Å². The van der Waals surface area contributed by atoms with Gasteiger partial charge in [-0.1, -0.05) is 0 Å². The van der Waals surface area contributed by atoms with E-state index in [4.69, 9.17) is 0 Å². The van der Waals surface area contributed by atoms with Gasteiger partial charge in [0.05, 0.1) is 0 Å². The lowest BCUT2D eigenvalue weighted by Gasteiger charge is -2.09. The van der Waals surface area contributed by atoms with Gasteiger partial charge in [0.1, 0.15) is 5.76 Å². The van der Waals surface area contributed by atoms with E-state index in [-0.39, 0.29) is 0 Å². The molecular formula is C8H11NO. The Morgan fingerprint density at radius 2 is 2.30 bits per heavy atom. The molecule has 0 bridgehead atoms. The van der Waals surface area contributed by atoms with Gasteiger partial charge >= 0.3 is 0 Å². The maximum Gasteiger partial charge on any atom is 0.116 e. The molecule has 0 radical (unpaired) electrons. The van der Waals surface area contributed by atoms with Crippen LogP contribution in [-0.4, -0.2) is 18.2 Å². The second-order valence-corrected chi connectivity index (χ2v) is 2.81. The van der Waals surface area contributed by atoms with E-state index in [0.717, 1.165) is 31.5 Å². The zero-order chi connectivity index (χ0) is 6.97. The molecule has 0 aromatic heterocycles. The van der Waals surface area contributed by atoms with Crippen molar-refractivity contribution in [3.63, 3.8) is 0 Å². The van der Waals surface area contributed by atoms with Crippen molar-refractivity contribution in [2.75, 3.05) is 13.1 Å². The number of hydrogen-bond donors (Lipinski definition) is 2. The molecule has 1 aliphatic carbocycles. The van der Waals surface area contributed by atoms with E-state index < -0.39 is 0 Å². The van der Waals surface area contributed by atoms with Crippen molar-refractivity contribution >= 4 is 0 Å². The van der Waals surface area contributed by atoms with Gasteiger partial charge in [-0.25, -0.2) is 0 Å². The van der Waals surface area contributed by atoms with Gasteiger partial charge in [-0.2, -0.15) is 0 Å². The van der Waals surface area contributed by atoms with Gasteiger partial charge in [-0.3, -0.25) is 0 Å². The van der Waals surface area contributed by atoms with E-state index in [2.05, 4.69) is 5.32 Å². The molecule has 0 aromatic rings. The van der Waals surface area contributed by atoms with Gasteiger partial charge in [0, 0.05) is 18.7 Å². The lowest BCUT2D eigenvalue weighted by molar-refractivity contribution is 0.415. The third-order valence-corrected chi connectivity index (χ3v) is 2.16. The van der Waals surface area contributed by atoms with Gasteiger partial charge in [0.15, 0.2) is 0 Å². The Morgan fingerprint density at radius 1 is 1.40 bits per heavy atom. The van der Waals surface area contributed by atoms with E-state index in [9.17, 15) is 5.11 Å². The Balaban J connectivity index is 2.33. The van der Waals surface area contributed by atoms with Gasteiger partial charge in [-0.15, -0.1) is 0 Å². The second kappa shape index (κ2) is 2.13. The molecule has 54 valence electrons. The number of aliphatic hydroxyl groups is 1. The van der Waals surface area contributed by atoms with Crippen LogP contribution in [0.25, 0.3) is 0 Å². The molecule has 2 N–H and O–H groups in total. The van der Waals surface area contributed by atoms with Crippen LogP contribution in [0.2, 0.25) is 0 Å². The Labute approximate surface area is 60.2 Å². The molecular weight excluding hydrogens is 126 g/mol. The Morgan fingerprint density at radius 3 is 3.10 bits per heavy atom. The molecule has 2 heteroatoms. The Bertz CT molecular complexity index is 215. The Hall–Kier alpha value is -0.760. The van der Waals surface area contributed by atoms with Crippen LogP contribution in [0.1, 0.15) is 12.8 Å². The molecule has 1 aliphatic heterocycles.